The van der Waals surface area contributed by atoms with Crippen LogP contribution in [0.2, 0.25) is 0 Å². The summed E-state index contributed by atoms with van der Waals surface area (Å²) in [6, 6.07) is 1.34. The highest BCUT2D eigenvalue weighted by Crippen LogP contribution is 2.22. The molecule has 0 spiro atoms. The van der Waals surface area contributed by atoms with Crippen molar-refractivity contribution in [1.29, 1.82) is 0 Å². The minimum Gasteiger partial charge on any atom is -0.502 e. The fourth-order valence-corrected chi connectivity index (χ4v) is 3.10. The van der Waals surface area contributed by atoms with Gasteiger partial charge in [0.05, 0.1) is 6.54 Å². The summed E-state index contributed by atoms with van der Waals surface area (Å²) in [5, 5.41) is 12.2. The molecule has 0 radical (unpaired) electrons. The van der Waals surface area contributed by atoms with Crippen molar-refractivity contribution in [1.82, 2.24) is 10.2 Å². The standard InChI is InChI=1S/C18H28N2O5/c1-12(19-17(23)25-18(2,3)4)14-7-5-6-8-20(14)10-13-9-15(21)16(22)11-24-13/h9,11-12,14,22H,5-8,10H2,1-4H3,(H,19,23). The van der Waals surface area contributed by atoms with Gasteiger partial charge in [-0.1, -0.05) is 6.42 Å². The maximum Gasteiger partial charge on any atom is 0.407 e. The molecule has 0 aromatic carbocycles. The quantitative estimate of drug-likeness (QED) is 0.865. The van der Waals surface area contributed by atoms with Crippen molar-refractivity contribution in [2.24, 2.45) is 0 Å². The molecule has 140 valence electrons. The molecular formula is C18H28N2O5. The first-order valence-electron chi connectivity index (χ1n) is 8.70. The summed E-state index contributed by atoms with van der Waals surface area (Å²) in [5.74, 6) is 0.109. The third-order valence-electron chi connectivity index (χ3n) is 4.21. The Morgan fingerprint density at radius 3 is 2.84 bits per heavy atom. The second kappa shape index (κ2) is 7.91. The van der Waals surface area contributed by atoms with Crippen LogP contribution in [0.15, 0.2) is 21.5 Å². The first-order valence-corrected chi connectivity index (χ1v) is 8.70. The van der Waals surface area contributed by atoms with E-state index in [1.807, 2.05) is 27.7 Å². The van der Waals surface area contributed by atoms with Crippen LogP contribution in [-0.2, 0) is 11.3 Å². The van der Waals surface area contributed by atoms with Crippen molar-refractivity contribution in [3.8, 4) is 5.75 Å². The lowest BCUT2D eigenvalue weighted by molar-refractivity contribution is 0.0430. The number of ether oxygens (including phenoxy) is 1. The molecule has 1 aliphatic rings. The zero-order chi connectivity index (χ0) is 18.6. The SMILES string of the molecule is CC(NC(=O)OC(C)(C)C)C1CCCCN1Cc1cc(=O)c(O)co1. The molecule has 0 bridgehead atoms. The lowest BCUT2D eigenvalue weighted by Crippen LogP contribution is -2.52. The summed E-state index contributed by atoms with van der Waals surface area (Å²) in [7, 11) is 0. The van der Waals surface area contributed by atoms with E-state index >= 15 is 0 Å². The number of hydrogen-bond donors (Lipinski definition) is 2. The third-order valence-corrected chi connectivity index (χ3v) is 4.21. The van der Waals surface area contributed by atoms with E-state index in [-0.39, 0.29) is 17.8 Å². The van der Waals surface area contributed by atoms with Crippen LogP contribution in [0.25, 0.3) is 0 Å². The Morgan fingerprint density at radius 1 is 1.48 bits per heavy atom. The van der Waals surface area contributed by atoms with Gasteiger partial charge < -0.3 is 19.6 Å². The van der Waals surface area contributed by atoms with Crippen LogP contribution in [0.1, 0.15) is 52.7 Å². The molecule has 2 heterocycles. The Hall–Kier alpha value is -2.02. The average molecular weight is 352 g/mol. The van der Waals surface area contributed by atoms with Gasteiger partial charge in [-0.05, 0) is 47.1 Å². The normalized spacial score (nSPS) is 20.1. The summed E-state index contributed by atoms with van der Waals surface area (Å²) >= 11 is 0. The highest BCUT2D eigenvalue weighted by atomic mass is 16.6. The molecule has 7 heteroatoms. The van der Waals surface area contributed by atoms with E-state index in [2.05, 4.69) is 10.2 Å². The van der Waals surface area contributed by atoms with Crippen LogP contribution in [0.3, 0.4) is 0 Å². The number of alkyl carbamates (subject to hydrolysis) is 1. The number of amides is 1. The maximum absolute atomic E-state index is 12.0. The molecule has 1 fully saturated rings. The molecule has 2 unspecified atom stereocenters. The van der Waals surface area contributed by atoms with E-state index in [1.165, 1.54) is 6.07 Å². The number of aromatic hydroxyl groups is 1. The van der Waals surface area contributed by atoms with Crippen molar-refractivity contribution in [2.75, 3.05) is 6.54 Å². The summed E-state index contributed by atoms with van der Waals surface area (Å²) in [6.07, 6.45) is 3.72. The van der Waals surface area contributed by atoms with Crippen LogP contribution in [0.5, 0.6) is 5.75 Å². The van der Waals surface area contributed by atoms with Crippen molar-refractivity contribution >= 4 is 6.09 Å². The van der Waals surface area contributed by atoms with Gasteiger partial charge in [0.25, 0.3) is 0 Å². The van der Waals surface area contributed by atoms with Crippen LogP contribution < -0.4 is 10.7 Å². The minimum atomic E-state index is -0.536. The minimum absolute atomic E-state index is 0.0982. The fourth-order valence-electron chi connectivity index (χ4n) is 3.10. The Labute approximate surface area is 148 Å². The molecule has 0 aliphatic carbocycles. The van der Waals surface area contributed by atoms with E-state index in [9.17, 15) is 14.7 Å². The highest BCUT2D eigenvalue weighted by molar-refractivity contribution is 5.68. The topological polar surface area (TPSA) is 92.0 Å². The smallest absolute Gasteiger partial charge is 0.407 e. The van der Waals surface area contributed by atoms with Crippen molar-refractivity contribution in [2.45, 2.75) is 71.2 Å². The molecule has 1 aromatic heterocycles. The number of rotatable bonds is 4. The predicted molar refractivity (Wildman–Crippen MR) is 93.5 cm³/mol. The van der Waals surface area contributed by atoms with Gasteiger partial charge in [0.2, 0.25) is 5.43 Å². The molecular weight excluding hydrogens is 324 g/mol. The Morgan fingerprint density at radius 2 is 2.20 bits per heavy atom. The summed E-state index contributed by atoms with van der Waals surface area (Å²) in [5.41, 5.74) is -0.986. The summed E-state index contributed by atoms with van der Waals surface area (Å²) in [4.78, 5) is 25.8. The predicted octanol–water partition coefficient (Wildman–Crippen LogP) is 2.61. The lowest BCUT2D eigenvalue weighted by atomic mass is 9.96. The van der Waals surface area contributed by atoms with Crippen LogP contribution in [0.4, 0.5) is 4.79 Å². The number of likely N-dealkylation sites (tertiary alicyclic amines) is 1. The average Bonchev–Trinajstić information content (AvgIpc) is 2.49. The van der Waals surface area contributed by atoms with Crippen molar-refractivity contribution in [3.63, 3.8) is 0 Å². The molecule has 1 aliphatic heterocycles. The molecule has 2 atom stereocenters. The largest absolute Gasteiger partial charge is 0.502 e. The van der Waals surface area contributed by atoms with Gasteiger partial charge in [-0.25, -0.2) is 4.79 Å². The Kier molecular flexibility index (Phi) is 6.11. The first-order chi connectivity index (χ1) is 11.7. The second-order valence-corrected chi connectivity index (χ2v) is 7.56. The van der Waals surface area contributed by atoms with Crippen molar-refractivity contribution < 1.29 is 19.1 Å². The first kappa shape index (κ1) is 19.3. The number of nitrogens with zero attached hydrogens (tertiary/aromatic N) is 1. The van der Waals surface area contributed by atoms with Gasteiger partial charge in [-0.3, -0.25) is 9.69 Å². The van der Waals surface area contributed by atoms with Gasteiger partial charge in [0.15, 0.2) is 5.75 Å². The molecule has 0 saturated carbocycles. The molecule has 1 aromatic rings. The fraction of sp³-hybridized carbons (Fsp3) is 0.667. The van der Waals surface area contributed by atoms with Crippen molar-refractivity contribution in [3.05, 3.63) is 28.3 Å². The number of nitrogens with one attached hydrogen (secondary N) is 1. The van der Waals surface area contributed by atoms with Crippen LogP contribution in [0, 0.1) is 0 Å². The molecule has 25 heavy (non-hydrogen) atoms. The van der Waals surface area contributed by atoms with E-state index in [0.29, 0.717) is 12.3 Å². The van der Waals surface area contributed by atoms with Crippen LogP contribution in [-0.4, -0.2) is 40.3 Å². The van der Waals surface area contributed by atoms with Gasteiger partial charge in [0, 0.05) is 18.2 Å². The zero-order valence-electron chi connectivity index (χ0n) is 15.4. The third kappa shape index (κ3) is 5.77. The summed E-state index contributed by atoms with van der Waals surface area (Å²) < 4.78 is 10.6. The molecule has 2 rings (SSSR count). The number of carbonyl (C=O) groups is 1. The summed E-state index contributed by atoms with van der Waals surface area (Å²) in [6.45, 7) is 8.76. The molecule has 1 saturated heterocycles. The monoisotopic (exact) mass is 352 g/mol. The van der Waals surface area contributed by atoms with Gasteiger partial charge in [0.1, 0.15) is 17.6 Å². The Bertz CT molecular complexity index is 650. The van der Waals surface area contributed by atoms with Gasteiger partial charge >= 0.3 is 6.09 Å². The van der Waals surface area contributed by atoms with E-state index in [0.717, 1.165) is 32.1 Å². The lowest BCUT2D eigenvalue weighted by Gasteiger charge is -2.39. The Balaban J connectivity index is 2.02. The van der Waals surface area contributed by atoms with E-state index in [1.54, 1.807) is 0 Å². The van der Waals surface area contributed by atoms with Gasteiger partial charge in [-0.15, -0.1) is 0 Å². The van der Waals surface area contributed by atoms with Crippen LogP contribution >= 0.6 is 0 Å². The zero-order valence-corrected chi connectivity index (χ0v) is 15.4. The number of carbonyl (C=O) groups excluding carboxylic acids is 1. The maximum atomic E-state index is 12.0. The van der Waals surface area contributed by atoms with Gasteiger partial charge in [-0.2, -0.15) is 0 Å². The molecule has 2 N–H and O–H groups in total. The number of hydrogen-bond acceptors (Lipinski definition) is 6. The van der Waals surface area contributed by atoms with E-state index in [4.69, 9.17) is 9.15 Å². The molecule has 7 nitrogen and oxygen atoms in total. The highest BCUT2D eigenvalue weighted by Gasteiger charge is 2.30. The molecule has 1 amide bonds. The van der Waals surface area contributed by atoms with E-state index < -0.39 is 17.1 Å². The second-order valence-electron chi connectivity index (χ2n) is 7.56. The number of piperidine rings is 1.